The van der Waals surface area contributed by atoms with Crippen LogP contribution in [0.1, 0.15) is 36.5 Å². The zero-order chi connectivity index (χ0) is 14.8. The van der Waals surface area contributed by atoms with E-state index >= 15 is 0 Å². The summed E-state index contributed by atoms with van der Waals surface area (Å²) in [5, 5.41) is 15.1. The molecule has 108 valence electrons. The van der Waals surface area contributed by atoms with Gasteiger partial charge in [-0.25, -0.2) is 4.79 Å². The van der Waals surface area contributed by atoms with Crippen molar-refractivity contribution in [1.29, 1.82) is 0 Å². The van der Waals surface area contributed by atoms with Crippen molar-refractivity contribution in [3.8, 4) is 0 Å². The maximum absolute atomic E-state index is 12.3. The fourth-order valence-corrected chi connectivity index (χ4v) is 2.70. The van der Waals surface area contributed by atoms with Gasteiger partial charge in [-0.1, -0.05) is 0 Å². The van der Waals surface area contributed by atoms with Crippen LogP contribution in [0.2, 0.25) is 0 Å². The first-order valence-electron chi connectivity index (χ1n) is 6.52. The number of carboxylic acid groups (broad SMARTS) is 1. The van der Waals surface area contributed by atoms with E-state index in [9.17, 15) is 9.59 Å². The van der Waals surface area contributed by atoms with E-state index in [2.05, 4.69) is 26.6 Å². The summed E-state index contributed by atoms with van der Waals surface area (Å²) < 4.78 is 0.491. The molecule has 5 nitrogen and oxygen atoms in total. The lowest BCUT2D eigenvalue weighted by Gasteiger charge is -2.33. The smallest absolute Gasteiger partial charge is 0.336 e. The Kier molecular flexibility index (Phi) is 4.45. The van der Waals surface area contributed by atoms with Crippen LogP contribution >= 0.6 is 15.9 Å². The summed E-state index contributed by atoms with van der Waals surface area (Å²) >= 11 is 3.18. The molecule has 0 radical (unpaired) electrons. The van der Waals surface area contributed by atoms with Crippen LogP contribution in [0.3, 0.4) is 0 Å². The molecule has 1 saturated heterocycles. The minimum atomic E-state index is -1.03. The second-order valence-corrected chi connectivity index (χ2v) is 6.02. The van der Waals surface area contributed by atoms with Gasteiger partial charge in [-0.3, -0.25) is 4.79 Å². The number of carboxylic acids is 1. The lowest BCUT2D eigenvalue weighted by Crippen LogP contribution is -2.54. The number of hydrogen-bond acceptors (Lipinski definition) is 3. The van der Waals surface area contributed by atoms with Gasteiger partial charge in [0.05, 0.1) is 11.1 Å². The minimum absolute atomic E-state index is 0.129. The third-order valence-electron chi connectivity index (χ3n) is 3.57. The Hall–Kier alpha value is -1.40. The summed E-state index contributed by atoms with van der Waals surface area (Å²) in [6, 6.07) is 4.76. The Bertz CT molecular complexity index is 539. The van der Waals surface area contributed by atoms with Crippen molar-refractivity contribution in [2.45, 2.75) is 31.7 Å². The third-order valence-corrected chi connectivity index (χ3v) is 4.27. The van der Waals surface area contributed by atoms with E-state index in [-0.39, 0.29) is 11.5 Å². The number of piperidine rings is 1. The number of anilines is 1. The van der Waals surface area contributed by atoms with Crippen LogP contribution in [0.4, 0.5) is 5.69 Å². The van der Waals surface area contributed by atoms with Gasteiger partial charge in [0, 0.05) is 10.2 Å². The van der Waals surface area contributed by atoms with Crippen molar-refractivity contribution in [3.05, 3.63) is 28.2 Å². The highest BCUT2D eigenvalue weighted by Crippen LogP contribution is 2.24. The minimum Gasteiger partial charge on any atom is -0.478 e. The molecule has 1 amide bonds. The highest BCUT2D eigenvalue weighted by molar-refractivity contribution is 9.10. The molecule has 6 heteroatoms. The number of benzene rings is 1. The number of aromatic carboxylic acids is 1. The SMILES string of the molecule is CC1(C(=O)Nc2ccc(Br)c(C(=O)O)c2)CCCCN1. The Morgan fingerprint density at radius 1 is 1.40 bits per heavy atom. The summed E-state index contributed by atoms with van der Waals surface area (Å²) in [5.74, 6) is -1.16. The Morgan fingerprint density at radius 2 is 2.15 bits per heavy atom. The third kappa shape index (κ3) is 3.19. The van der Waals surface area contributed by atoms with Gasteiger partial charge in [0.2, 0.25) is 5.91 Å². The first-order chi connectivity index (χ1) is 9.42. The van der Waals surface area contributed by atoms with Crippen molar-refractivity contribution < 1.29 is 14.7 Å². The van der Waals surface area contributed by atoms with Gasteiger partial charge in [-0.05, 0) is 66.9 Å². The van der Waals surface area contributed by atoms with Crippen LogP contribution in [0.15, 0.2) is 22.7 Å². The molecule has 2 rings (SSSR count). The van der Waals surface area contributed by atoms with E-state index in [4.69, 9.17) is 5.11 Å². The maximum Gasteiger partial charge on any atom is 0.336 e. The van der Waals surface area contributed by atoms with Crippen molar-refractivity contribution >= 4 is 33.5 Å². The standard InChI is InChI=1S/C14H17BrN2O3/c1-14(6-2-3-7-16-14)13(20)17-9-4-5-11(15)10(8-9)12(18)19/h4-5,8,16H,2-3,6-7H2,1H3,(H,17,20)(H,18,19). The molecule has 3 N–H and O–H groups in total. The number of nitrogens with one attached hydrogen (secondary N) is 2. The van der Waals surface area contributed by atoms with Gasteiger partial charge in [0.1, 0.15) is 0 Å². The van der Waals surface area contributed by atoms with E-state index in [0.29, 0.717) is 10.2 Å². The fourth-order valence-electron chi connectivity index (χ4n) is 2.29. The predicted octanol–water partition coefficient (Wildman–Crippen LogP) is 2.62. The van der Waals surface area contributed by atoms with E-state index in [1.807, 2.05) is 6.92 Å². The van der Waals surface area contributed by atoms with Crippen molar-refractivity contribution in [1.82, 2.24) is 5.32 Å². The van der Waals surface area contributed by atoms with E-state index < -0.39 is 11.5 Å². The molecule has 1 aromatic carbocycles. The number of amides is 1. The molecule has 1 atom stereocenters. The lowest BCUT2D eigenvalue weighted by atomic mass is 9.90. The van der Waals surface area contributed by atoms with Crippen LogP contribution in [-0.4, -0.2) is 29.1 Å². The van der Waals surface area contributed by atoms with Crippen molar-refractivity contribution in [2.75, 3.05) is 11.9 Å². The van der Waals surface area contributed by atoms with Gasteiger partial charge in [0.25, 0.3) is 0 Å². The number of carbonyl (C=O) groups is 2. The quantitative estimate of drug-likeness (QED) is 0.790. The molecular weight excluding hydrogens is 324 g/mol. The molecule has 0 aliphatic carbocycles. The number of rotatable bonds is 3. The number of halogens is 1. The monoisotopic (exact) mass is 340 g/mol. The van der Waals surface area contributed by atoms with E-state index in [0.717, 1.165) is 25.8 Å². The van der Waals surface area contributed by atoms with E-state index in [1.165, 1.54) is 6.07 Å². The first kappa shape index (κ1) is 15.0. The molecule has 0 spiro atoms. The largest absolute Gasteiger partial charge is 0.478 e. The second kappa shape index (κ2) is 5.93. The fraction of sp³-hybridized carbons (Fsp3) is 0.429. The summed E-state index contributed by atoms with van der Waals surface area (Å²) in [5.41, 5.74) is 0.0306. The Balaban J connectivity index is 2.15. The van der Waals surface area contributed by atoms with Crippen LogP contribution in [0.25, 0.3) is 0 Å². The van der Waals surface area contributed by atoms with Crippen LogP contribution < -0.4 is 10.6 Å². The average molecular weight is 341 g/mol. The second-order valence-electron chi connectivity index (χ2n) is 5.17. The van der Waals surface area contributed by atoms with Gasteiger partial charge in [-0.15, -0.1) is 0 Å². The molecule has 1 aliphatic heterocycles. The highest BCUT2D eigenvalue weighted by atomic mass is 79.9. The zero-order valence-electron chi connectivity index (χ0n) is 11.2. The van der Waals surface area contributed by atoms with E-state index in [1.54, 1.807) is 12.1 Å². The molecule has 0 aromatic heterocycles. The molecule has 0 saturated carbocycles. The molecule has 1 aromatic rings. The predicted molar refractivity (Wildman–Crippen MR) is 80.0 cm³/mol. The van der Waals surface area contributed by atoms with Crippen LogP contribution in [0.5, 0.6) is 0 Å². The molecule has 1 unspecified atom stereocenters. The Morgan fingerprint density at radius 3 is 2.75 bits per heavy atom. The van der Waals surface area contributed by atoms with Gasteiger partial charge in [0.15, 0.2) is 0 Å². The first-order valence-corrected chi connectivity index (χ1v) is 7.31. The summed E-state index contributed by atoms with van der Waals surface area (Å²) in [7, 11) is 0. The molecule has 20 heavy (non-hydrogen) atoms. The van der Waals surface area contributed by atoms with Crippen molar-refractivity contribution in [2.24, 2.45) is 0 Å². The maximum atomic E-state index is 12.3. The molecule has 1 aliphatic rings. The van der Waals surface area contributed by atoms with Crippen LogP contribution in [0, 0.1) is 0 Å². The molecular formula is C14H17BrN2O3. The normalized spacial score (nSPS) is 22.3. The molecule has 1 heterocycles. The van der Waals surface area contributed by atoms with Gasteiger partial charge < -0.3 is 15.7 Å². The van der Waals surface area contributed by atoms with Gasteiger partial charge >= 0.3 is 5.97 Å². The van der Waals surface area contributed by atoms with Crippen LogP contribution in [-0.2, 0) is 4.79 Å². The summed E-state index contributed by atoms with van der Waals surface area (Å²) in [6.07, 6.45) is 2.86. The average Bonchev–Trinajstić information content (AvgIpc) is 2.41. The molecule has 1 fully saturated rings. The summed E-state index contributed by atoms with van der Waals surface area (Å²) in [4.78, 5) is 23.4. The highest BCUT2D eigenvalue weighted by Gasteiger charge is 2.34. The topological polar surface area (TPSA) is 78.4 Å². The summed E-state index contributed by atoms with van der Waals surface area (Å²) in [6.45, 7) is 2.70. The zero-order valence-corrected chi connectivity index (χ0v) is 12.8. The van der Waals surface area contributed by atoms with Crippen molar-refractivity contribution in [3.63, 3.8) is 0 Å². The number of hydrogen-bond donors (Lipinski definition) is 3. The lowest BCUT2D eigenvalue weighted by molar-refractivity contribution is -0.122. The van der Waals surface area contributed by atoms with Gasteiger partial charge in [-0.2, -0.15) is 0 Å². The number of carbonyl (C=O) groups excluding carboxylic acids is 1. The molecule has 0 bridgehead atoms. The Labute approximate surface area is 125 Å².